The summed E-state index contributed by atoms with van der Waals surface area (Å²) in [6, 6.07) is 9.96. The lowest BCUT2D eigenvalue weighted by molar-refractivity contribution is -0.117. The SMILES string of the molecule is C=C(/C=C(\C)C(=C)C#N)C(=O)N[C@@H](CCC)c1ccc(C(=C)C)cc1.CC.CC.CN=C(N)C=C(C)C. The van der Waals surface area contributed by atoms with Gasteiger partial charge in [-0.05, 0) is 63.0 Å². The fourth-order valence-corrected chi connectivity index (χ4v) is 2.72. The lowest BCUT2D eigenvalue weighted by Crippen LogP contribution is -2.29. The van der Waals surface area contributed by atoms with Crippen molar-refractivity contribution < 1.29 is 4.79 Å². The molecule has 0 aliphatic heterocycles. The fourth-order valence-electron chi connectivity index (χ4n) is 2.72. The van der Waals surface area contributed by atoms with E-state index in [-0.39, 0.29) is 11.9 Å². The second kappa shape index (κ2) is 22.8. The van der Waals surface area contributed by atoms with Crippen LogP contribution in [0.15, 0.2) is 83.4 Å². The number of carbonyl (C=O) groups excluding carboxylic acids is 1. The Morgan fingerprint density at radius 3 is 1.92 bits per heavy atom. The Morgan fingerprint density at radius 2 is 1.57 bits per heavy atom. The third-order valence-electron chi connectivity index (χ3n) is 4.68. The van der Waals surface area contributed by atoms with Crippen molar-refractivity contribution in [3.05, 3.63) is 89.6 Å². The maximum Gasteiger partial charge on any atom is 0.251 e. The van der Waals surface area contributed by atoms with Crippen LogP contribution in [0.2, 0.25) is 0 Å². The smallest absolute Gasteiger partial charge is 0.251 e. The minimum Gasteiger partial charge on any atom is -0.384 e. The third kappa shape index (κ3) is 17.4. The number of nitrogens with one attached hydrogen (secondary N) is 1. The van der Waals surface area contributed by atoms with Crippen LogP contribution >= 0.6 is 0 Å². The van der Waals surface area contributed by atoms with Gasteiger partial charge in [-0.25, -0.2) is 0 Å². The number of nitrogens with two attached hydrogens (primary N) is 1. The Kier molecular flexibility index (Phi) is 23.3. The summed E-state index contributed by atoms with van der Waals surface area (Å²) in [7, 11) is 1.68. The van der Waals surface area contributed by atoms with Gasteiger partial charge >= 0.3 is 0 Å². The number of amidine groups is 1. The van der Waals surface area contributed by atoms with E-state index in [1.54, 1.807) is 20.0 Å². The number of benzene rings is 1. The number of hydrogen-bond donors (Lipinski definition) is 2. The summed E-state index contributed by atoms with van der Waals surface area (Å²) in [5.74, 6) is 0.345. The highest BCUT2D eigenvalue weighted by Crippen LogP contribution is 2.22. The molecular formula is C32H50N4O. The number of amides is 1. The molecule has 0 aliphatic carbocycles. The fraction of sp³-hybridized carbons (Fsp3) is 0.406. The van der Waals surface area contributed by atoms with Crippen molar-refractivity contribution in [3.63, 3.8) is 0 Å². The highest BCUT2D eigenvalue weighted by Gasteiger charge is 2.15. The molecule has 1 amide bonds. The summed E-state index contributed by atoms with van der Waals surface area (Å²) >= 11 is 0. The number of nitriles is 1. The van der Waals surface area contributed by atoms with Crippen LogP contribution in [0.4, 0.5) is 0 Å². The molecule has 1 aromatic rings. The van der Waals surface area contributed by atoms with E-state index in [1.165, 1.54) is 5.57 Å². The molecule has 0 saturated carbocycles. The Hall–Kier alpha value is -3.65. The molecule has 3 N–H and O–H groups in total. The third-order valence-corrected chi connectivity index (χ3v) is 4.68. The van der Waals surface area contributed by atoms with Gasteiger partial charge in [0, 0.05) is 18.2 Å². The van der Waals surface area contributed by atoms with Crippen molar-refractivity contribution in [3.8, 4) is 6.07 Å². The van der Waals surface area contributed by atoms with Crippen molar-refractivity contribution >= 4 is 17.3 Å². The van der Waals surface area contributed by atoms with E-state index in [2.05, 4.69) is 37.0 Å². The van der Waals surface area contributed by atoms with Crippen molar-refractivity contribution in [2.24, 2.45) is 10.7 Å². The monoisotopic (exact) mass is 506 g/mol. The highest BCUT2D eigenvalue weighted by atomic mass is 16.1. The molecule has 0 spiro atoms. The number of carbonyl (C=O) groups is 1. The minimum absolute atomic E-state index is 0.0821. The van der Waals surface area contributed by atoms with E-state index < -0.39 is 0 Å². The van der Waals surface area contributed by atoms with Gasteiger partial charge in [-0.3, -0.25) is 9.79 Å². The van der Waals surface area contributed by atoms with Crippen LogP contribution in [0, 0.1) is 11.3 Å². The van der Waals surface area contributed by atoms with Crippen LogP contribution in [0.25, 0.3) is 5.57 Å². The summed E-state index contributed by atoms with van der Waals surface area (Å²) < 4.78 is 0. The molecule has 5 heteroatoms. The topological polar surface area (TPSA) is 91.3 Å². The van der Waals surface area contributed by atoms with Crippen LogP contribution in [0.3, 0.4) is 0 Å². The molecule has 0 bridgehead atoms. The van der Waals surface area contributed by atoms with Gasteiger partial charge in [-0.1, -0.05) is 96.2 Å². The Bertz CT molecular complexity index is 983. The van der Waals surface area contributed by atoms with Crippen LogP contribution in [-0.4, -0.2) is 18.8 Å². The lowest BCUT2D eigenvalue weighted by atomic mass is 9.98. The molecule has 1 aromatic carbocycles. The molecule has 5 nitrogen and oxygen atoms in total. The summed E-state index contributed by atoms with van der Waals surface area (Å²) in [5.41, 5.74) is 10.9. The Labute approximate surface area is 227 Å². The van der Waals surface area contributed by atoms with E-state index >= 15 is 0 Å². The average molecular weight is 507 g/mol. The largest absolute Gasteiger partial charge is 0.384 e. The zero-order chi connectivity index (χ0) is 29.6. The molecule has 0 aromatic heterocycles. The number of aliphatic imine (C=N–C) groups is 1. The first-order valence-corrected chi connectivity index (χ1v) is 12.9. The average Bonchev–Trinajstić information content (AvgIpc) is 2.90. The van der Waals surface area contributed by atoms with Crippen LogP contribution in [-0.2, 0) is 4.79 Å². The van der Waals surface area contributed by atoms with Gasteiger partial charge in [-0.15, -0.1) is 0 Å². The molecule has 0 aliphatic rings. The normalized spacial score (nSPS) is 10.8. The van der Waals surface area contributed by atoms with E-state index in [0.717, 1.165) is 29.5 Å². The first-order valence-electron chi connectivity index (χ1n) is 12.9. The van der Waals surface area contributed by atoms with Crippen LogP contribution < -0.4 is 11.1 Å². The first kappa shape index (κ1) is 37.9. The summed E-state index contributed by atoms with van der Waals surface area (Å²) in [4.78, 5) is 16.2. The minimum atomic E-state index is -0.243. The highest BCUT2D eigenvalue weighted by molar-refractivity contribution is 5.96. The molecule has 204 valence electrons. The molecule has 0 fully saturated rings. The van der Waals surface area contributed by atoms with Gasteiger partial charge in [0.1, 0.15) is 5.84 Å². The second-order valence-electron chi connectivity index (χ2n) is 8.03. The van der Waals surface area contributed by atoms with Crippen LogP contribution in [0.5, 0.6) is 0 Å². The molecule has 1 atom stereocenters. The zero-order valence-corrected chi connectivity index (χ0v) is 25.0. The number of rotatable bonds is 9. The molecule has 0 unspecified atom stereocenters. The molecule has 0 heterocycles. The van der Waals surface area contributed by atoms with Gasteiger partial charge in [0.15, 0.2) is 0 Å². The molecule has 0 saturated heterocycles. The molecule has 37 heavy (non-hydrogen) atoms. The first-order chi connectivity index (χ1) is 17.5. The zero-order valence-electron chi connectivity index (χ0n) is 25.0. The standard InChI is InChI=1S/C22H26N2O.C6H12N2.2C2H6/c1-7-8-21(20-11-9-19(10-12-20)15(2)3)24-22(25)17(5)13-16(4)18(6)14-23;1-5(2)4-6(7)8-3;2*1-2/h9-13,21H,2,5-8H2,1,3-4H3,(H,24,25);4H,1-3H3,(H2,7,8);2*1-2H3/b16-13+;;;/t21-;;;/m0.../s1. The number of hydrogen-bond acceptors (Lipinski definition) is 3. The number of nitrogens with zero attached hydrogens (tertiary/aromatic N) is 2. The van der Waals surface area contributed by atoms with Crippen molar-refractivity contribution in [1.29, 1.82) is 5.26 Å². The van der Waals surface area contributed by atoms with E-state index in [1.807, 2.05) is 84.9 Å². The Morgan fingerprint density at radius 1 is 1.05 bits per heavy atom. The molecule has 1 rings (SSSR count). The second-order valence-corrected chi connectivity index (χ2v) is 8.03. The van der Waals surface area contributed by atoms with Gasteiger partial charge in [-0.2, -0.15) is 5.26 Å². The molecular weight excluding hydrogens is 456 g/mol. The van der Waals surface area contributed by atoms with Gasteiger partial charge in [0.25, 0.3) is 5.91 Å². The van der Waals surface area contributed by atoms with Gasteiger partial charge in [0.05, 0.1) is 12.1 Å². The maximum atomic E-state index is 12.4. The van der Waals surface area contributed by atoms with Crippen molar-refractivity contribution in [2.45, 2.75) is 81.2 Å². The van der Waals surface area contributed by atoms with Crippen molar-refractivity contribution in [1.82, 2.24) is 5.32 Å². The number of allylic oxidation sites excluding steroid dienone is 4. The van der Waals surface area contributed by atoms with E-state index in [9.17, 15) is 4.79 Å². The predicted octanol–water partition coefficient (Wildman–Crippen LogP) is 8.25. The lowest BCUT2D eigenvalue weighted by Gasteiger charge is -2.19. The predicted molar refractivity (Wildman–Crippen MR) is 164 cm³/mol. The Balaban J connectivity index is -0.000000810. The van der Waals surface area contributed by atoms with E-state index in [4.69, 9.17) is 11.0 Å². The van der Waals surface area contributed by atoms with Crippen molar-refractivity contribution in [2.75, 3.05) is 7.05 Å². The van der Waals surface area contributed by atoms with Gasteiger partial charge in [0.2, 0.25) is 0 Å². The van der Waals surface area contributed by atoms with Crippen LogP contribution in [0.1, 0.15) is 92.3 Å². The maximum absolute atomic E-state index is 12.4. The summed E-state index contributed by atoms with van der Waals surface area (Å²) in [6.07, 6.45) is 5.20. The summed E-state index contributed by atoms with van der Waals surface area (Å²) in [5, 5.41) is 11.9. The summed E-state index contributed by atoms with van der Waals surface area (Å²) in [6.45, 7) is 29.1. The molecule has 0 radical (unpaired) electrons. The van der Waals surface area contributed by atoms with Gasteiger partial charge < -0.3 is 11.1 Å². The quantitative estimate of drug-likeness (QED) is 0.116. The van der Waals surface area contributed by atoms with E-state index in [0.29, 0.717) is 22.6 Å².